The maximum atomic E-state index is 12.5. The standard InChI is InChI=1S/C18H21N3O5S/c1-13(22)19-15-2-4-17(5-3-15)27(24,25)20-16-6-9-21(10-7-16)18(23)14-8-11-26-12-14/h2-5,8,11-12,16,20H,6-7,9-10H2,1H3,(H,19,22). The molecule has 27 heavy (non-hydrogen) atoms. The normalized spacial score (nSPS) is 15.5. The topological polar surface area (TPSA) is 109 Å². The number of sulfonamides is 1. The number of nitrogens with one attached hydrogen (secondary N) is 2. The lowest BCUT2D eigenvalue weighted by atomic mass is 10.1. The second-order valence-corrected chi connectivity index (χ2v) is 8.12. The first kappa shape index (κ1) is 19.1. The first-order valence-electron chi connectivity index (χ1n) is 8.56. The summed E-state index contributed by atoms with van der Waals surface area (Å²) in [6, 6.07) is 7.36. The number of carbonyl (C=O) groups excluding carboxylic acids is 2. The van der Waals surface area contributed by atoms with Gasteiger partial charge >= 0.3 is 0 Å². The van der Waals surface area contributed by atoms with E-state index >= 15 is 0 Å². The van der Waals surface area contributed by atoms with Gasteiger partial charge in [-0.1, -0.05) is 0 Å². The van der Waals surface area contributed by atoms with Crippen LogP contribution in [0.5, 0.6) is 0 Å². The quantitative estimate of drug-likeness (QED) is 0.808. The average Bonchev–Trinajstić information content (AvgIpc) is 3.16. The Morgan fingerprint density at radius 3 is 2.33 bits per heavy atom. The van der Waals surface area contributed by atoms with Gasteiger partial charge in [0.1, 0.15) is 6.26 Å². The van der Waals surface area contributed by atoms with Crippen LogP contribution < -0.4 is 10.0 Å². The van der Waals surface area contributed by atoms with Gasteiger partial charge in [-0.05, 0) is 43.2 Å². The van der Waals surface area contributed by atoms with Gasteiger partial charge in [0.15, 0.2) is 0 Å². The minimum Gasteiger partial charge on any atom is -0.472 e. The fraction of sp³-hybridized carbons (Fsp3) is 0.333. The highest BCUT2D eigenvalue weighted by Crippen LogP contribution is 2.18. The zero-order chi connectivity index (χ0) is 19.4. The Hall–Kier alpha value is -2.65. The van der Waals surface area contributed by atoms with Gasteiger partial charge in [-0.3, -0.25) is 9.59 Å². The maximum absolute atomic E-state index is 12.5. The molecule has 0 bridgehead atoms. The molecule has 2 N–H and O–H groups in total. The summed E-state index contributed by atoms with van der Waals surface area (Å²) in [6.45, 7) is 2.33. The molecule has 9 heteroatoms. The van der Waals surface area contributed by atoms with Crippen molar-refractivity contribution < 1.29 is 22.4 Å². The Balaban J connectivity index is 1.57. The van der Waals surface area contributed by atoms with Crippen molar-refractivity contribution in [2.45, 2.75) is 30.7 Å². The van der Waals surface area contributed by atoms with Crippen LogP contribution in [0.2, 0.25) is 0 Å². The number of anilines is 1. The number of hydrogen-bond donors (Lipinski definition) is 2. The average molecular weight is 391 g/mol. The number of rotatable bonds is 5. The van der Waals surface area contributed by atoms with E-state index in [2.05, 4.69) is 10.0 Å². The van der Waals surface area contributed by atoms with E-state index in [0.29, 0.717) is 37.2 Å². The van der Waals surface area contributed by atoms with E-state index < -0.39 is 10.0 Å². The van der Waals surface area contributed by atoms with Gasteiger partial charge in [-0.2, -0.15) is 0 Å². The van der Waals surface area contributed by atoms with E-state index in [1.807, 2.05) is 0 Å². The van der Waals surface area contributed by atoms with Gasteiger partial charge in [0.2, 0.25) is 15.9 Å². The molecule has 1 aliphatic rings. The first-order chi connectivity index (χ1) is 12.8. The summed E-state index contributed by atoms with van der Waals surface area (Å²) in [6.07, 6.45) is 3.92. The largest absolute Gasteiger partial charge is 0.472 e. The first-order valence-corrected chi connectivity index (χ1v) is 10.0. The maximum Gasteiger partial charge on any atom is 0.257 e. The molecule has 0 atom stereocenters. The van der Waals surface area contributed by atoms with E-state index in [4.69, 9.17) is 4.42 Å². The van der Waals surface area contributed by atoms with Crippen LogP contribution >= 0.6 is 0 Å². The zero-order valence-electron chi connectivity index (χ0n) is 14.8. The van der Waals surface area contributed by atoms with E-state index in [9.17, 15) is 18.0 Å². The second kappa shape index (κ2) is 7.93. The molecule has 2 aromatic rings. The highest BCUT2D eigenvalue weighted by Gasteiger charge is 2.27. The van der Waals surface area contributed by atoms with Crippen LogP contribution in [-0.4, -0.2) is 44.3 Å². The van der Waals surface area contributed by atoms with Crippen LogP contribution in [0.15, 0.2) is 52.2 Å². The molecule has 0 unspecified atom stereocenters. The Kier molecular flexibility index (Phi) is 5.62. The molecule has 2 amide bonds. The lowest BCUT2D eigenvalue weighted by Crippen LogP contribution is -2.46. The SMILES string of the molecule is CC(=O)Nc1ccc(S(=O)(=O)NC2CCN(C(=O)c3ccoc3)CC2)cc1. The summed E-state index contributed by atoms with van der Waals surface area (Å²) < 4.78 is 32.7. The fourth-order valence-electron chi connectivity index (χ4n) is 2.98. The number of likely N-dealkylation sites (tertiary alicyclic amines) is 1. The van der Waals surface area contributed by atoms with Crippen LogP contribution in [0.4, 0.5) is 5.69 Å². The van der Waals surface area contributed by atoms with Crippen molar-refractivity contribution in [2.75, 3.05) is 18.4 Å². The van der Waals surface area contributed by atoms with Crippen LogP contribution in [0.1, 0.15) is 30.1 Å². The molecule has 1 aromatic carbocycles. The van der Waals surface area contributed by atoms with Crippen molar-refractivity contribution in [3.05, 3.63) is 48.4 Å². The minimum absolute atomic E-state index is 0.112. The number of amides is 2. The molecule has 1 fully saturated rings. The zero-order valence-corrected chi connectivity index (χ0v) is 15.7. The highest BCUT2D eigenvalue weighted by atomic mass is 32.2. The monoisotopic (exact) mass is 391 g/mol. The van der Waals surface area contributed by atoms with Gasteiger partial charge < -0.3 is 14.6 Å². The van der Waals surface area contributed by atoms with Crippen molar-refractivity contribution in [3.8, 4) is 0 Å². The van der Waals surface area contributed by atoms with Crippen molar-refractivity contribution in [3.63, 3.8) is 0 Å². The van der Waals surface area contributed by atoms with Gasteiger partial charge in [0.25, 0.3) is 5.91 Å². The summed E-state index contributed by atoms with van der Waals surface area (Å²) in [7, 11) is -3.67. The Bertz CT molecular complexity index is 899. The lowest BCUT2D eigenvalue weighted by molar-refractivity contribution is -0.114. The van der Waals surface area contributed by atoms with E-state index in [1.54, 1.807) is 23.1 Å². The van der Waals surface area contributed by atoms with Crippen molar-refractivity contribution >= 4 is 27.5 Å². The van der Waals surface area contributed by atoms with E-state index in [0.717, 1.165) is 0 Å². The number of nitrogens with zero attached hydrogens (tertiary/aromatic N) is 1. The summed E-state index contributed by atoms with van der Waals surface area (Å²) in [5, 5.41) is 2.59. The lowest BCUT2D eigenvalue weighted by Gasteiger charge is -2.32. The number of piperidine rings is 1. The molecule has 0 radical (unpaired) electrons. The van der Waals surface area contributed by atoms with Crippen LogP contribution in [0.3, 0.4) is 0 Å². The van der Waals surface area contributed by atoms with Crippen molar-refractivity contribution in [1.29, 1.82) is 0 Å². The summed E-state index contributed by atoms with van der Waals surface area (Å²) in [5.41, 5.74) is 1.03. The third-order valence-corrected chi connectivity index (χ3v) is 5.89. The predicted octanol–water partition coefficient (Wildman–Crippen LogP) is 1.82. The van der Waals surface area contributed by atoms with Gasteiger partial charge in [-0.15, -0.1) is 0 Å². The van der Waals surface area contributed by atoms with Crippen molar-refractivity contribution in [1.82, 2.24) is 9.62 Å². The molecule has 0 spiro atoms. The number of hydrogen-bond acceptors (Lipinski definition) is 5. The second-order valence-electron chi connectivity index (χ2n) is 6.41. The van der Waals surface area contributed by atoms with Crippen molar-refractivity contribution in [2.24, 2.45) is 0 Å². The third-order valence-electron chi connectivity index (χ3n) is 4.36. The number of benzene rings is 1. The summed E-state index contributed by atoms with van der Waals surface area (Å²) >= 11 is 0. The predicted molar refractivity (Wildman–Crippen MR) is 98.7 cm³/mol. The molecular weight excluding hydrogens is 370 g/mol. The van der Waals surface area contributed by atoms with Crippen LogP contribution in [0, 0.1) is 0 Å². The number of furan rings is 1. The molecule has 0 saturated carbocycles. The minimum atomic E-state index is -3.67. The van der Waals surface area contributed by atoms with Gasteiger partial charge in [0.05, 0.1) is 16.7 Å². The van der Waals surface area contributed by atoms with Crippen LogP contribution in [-0.2, 0) is 14.8 Å². The van der Waals surface area contributed by atoms with E-state index in [1.165, 1.54) is 31.6 Å². The number of carbonyl (C=O) groups is 2. The molecule has 0 aliphatic carbocycles. The smallest absolute Gasteiger partial charge is 0.257 e. The molecule has 1 saturated heterocycles. The molecule has 2 heterocycles. The molecule has 1 aromatic heterocycles. The summed E-state index contributed by atoms with van der Waals surface area (Å²) in [4.78, 5) is 25.1. The Morgan fingerprint density at radius 2 is 1.78 bits per heavy atom. The highest BCUT2D eigenvalue weighted by molar-refractivity contribution is 7.89. The summed E-state index contributed by atoms with van der Waals surface area (Å²) in [5.74, 6) is -0.334. The van der Waals surface area contributed by atoms with E-state index in [-0.39, 0.29) is 22.8 Å². The Morgan fingerprint density at radius 1 is 1.11 bits per heavy atom. The van der Waals surface area contributed by atoms with Gasteiger partial charge in [-0.25, -0.2) is 13.1 Å². The van der Waals surface area contributed by atoms with Crippen LogP contribution in [0.25, 0.3) is 0 Å². The Labute approximate surface area is 157 Å². The molecule has 8 nitrogen and oxygen atoms in total. The fourth-order valence-corrected chi connectivity index (χ4v) is 4.28. The molecule has 1 aliphatic heterocycles. The molecule has 144 valence electrons. The molecular formula is C18H21N3O5S. The molecule has 3 rings (SSSR count). The third kappa shape index (κ3) is 4.75. The van der Waals surface area contributed by atoms with Gasteiger partial charge in [0, 0.05) is 31.7 Å².